The third-order valence-electron chi connectivity index (χ3n) is 2.74. The quantitative estimate of drug-likeness (QED) is 0.847. The Morgan fingerprint density at radius 1 is 1.47 bits per heavy atom. The minimum absolute atomic E-state index is 0.135. The molecule has 1 aromatic carbocycles. The molecule has 0 spiro atoms. The van der Waals surface area contributed by atoms with Crippen LogP contribution in [0, 0.1) is 17.1 Å². The van der Waals surface area contributed by atoms with Crippen molar-refractivity contribution in [2.75, 3.05) is 0 Å². The van der Waals surface area contributed by atoms with Crippen LogP contribution in [-0.4, -0.2) is 9.55 Å². The van der Waals surface area contributed by atoms with Crippen molar-refractivity contribution in [1.82, 2.24) is 9.55 Å². The Hall–Kier alpha value is -2.35. The van der Waals surface area contributed by atoms with E-state index in [0.29, 0.717) is 0 Å². The Kier molecular flexibility index (Phi) is 3.81. The fourth-order valence-corrected chi connectivity index (χ4v) is 1.75. The summed E-state index contributed by atoms with van der Waals surface area (Å²) in [5.74, 6) is -0.398. The average Bonchev–Trinajstić information content (AvgIpc) is 2.85. The van der Waals surface area contributed by atoms with E-state index < -0.39 is 5.82 Å². The smallest absolute Gasteiger partial charge is 0.166 e. The Morgan fingerprint density at radius 3 is 2.89 bits per heavy atom. The number of hydrogen-bond acceptors (Lipinski definition) is 3. The van der Waals surface area contributed by atoms with Crippen molar-refractivity contribution in [3.8, 4) is 11.8 Å². The summed E-state index contributed by atoms with van der Waals surface area (Å²) in [6, 6.07) is 6.30. The molecule has 0 radical (unpaired) electrons. The number of halogens is 1. The van der Waals surface area contributed by atoms with Gasteiger partial charge < -0.3 is 9.30 Å². The van der Waals surface area contributed by atoms with E-state index in [4.69, 9.17) is 10.00 Å². The van der Waals surface area contributed by atoms with Crippen molar-refractivity contribution in [2.45, 2.75) is 26.5 Å². The highest BCUT2D eigenvalue weighted by Crippen LogP contribution is 2.20. The molecular weight excluding hydrogens is 245 g/mol. The Labute approximate surface area is 111 Å². The molecule has 0 atom stereocenters. The summed E-state index contributed by atoms with van der Waals surface area (Å²) in [7, 11) is 0. The molecule has 2 aromatic rings. The lowest BCUT2D eigenvalue weighted by Gasteiger charge is -2.12. The van der Waals surface area contributed by atoms with Crippen LogP contribution in [0.25, 0.3) is 0 Å². The van der Waals surface area contributed by atoms with Gasteiger partial charge in [-0.1, -0.05) is 0 Å². The van der Waals surface area contributed by atoms with E-state index in [1.165, 1.54) is 12.1 Å². The van der Waals surface area contributed by atoms with Crippen molar-refractivity contribution in [3.63, 3.8) is 0 Å². The number of hydrogen-bond donors (Lipinski definition) is 0. The lowest BCUT2D eigenvalue weighted by atomic mass is 10.2. The summed E-state index contributed by atoms with van der Waals surface area (Å²) in [5.41, 5.74) is 1.15. The molecule has 19 heavy (non-hydrogen) atoms. The molecule has 5 heteroatoms. The van der Waals surface area contributed by atoms with Crippen molar-refractivity contribution < 1.29 is 9.13 Å². The standard InChI is InChI=1S/C14H14FN3O/c1-10(2)18-9-17-7-12(18)8-19-14-4-3-11(6-16)5-13(14)15/h3-5,7,9-10H,8H2,1-2H3. The molecule has 2 rings (SSSR count). The van der Waals surface area contributed by atoms with E-state index in [9.17, 15) is 4.39 Å². The molecular formula is C14H14FN3O. The largest absolute Gasteiger partial charge is 0.484 e. The molecule has 0 bridgehead atoms. The lowest BCUT2D eigenvalue weighted by molar-refractivity contribution is 0.278. The summed E-state index contributed by atoms with van der Waals surface area (Å²) in [4.78, 5) is 4.05. The van der Waals surface area contributed by atoms with Crippen LogP contribution < -0.4 is 4.74 Å². The van der Waals surface area contributed by atoms with Crippen molar-refractivity contribution in [1.29, 1.82) is 5.26 Å². The molecule has 0 aliphatic heterocycles. The highest BCUT2D eigenvalue weighted by Gasteiger charge is 2.09. The number of nitriles is 1. The van der Waals surface area contributed by atoms with Gasteiger partial charge in [0.05, 0.1) is 29.9 Å². The van der Waals surface area contributed by atoms with Gasteiger partial charge in [0.25, 0.3) is 0 Å². The van der Waals surface area contributed by atoms with Crippen LogP contribution in [0.2, 0.25) is 0 Å². The van der Waals surface area contributed by atoms with E-state index in [-0.39, 0.29) is 24.0 Å². The van der Waals surface area contributed by atoms with Gasteiger partial charge in [-0.3, -0.25) is 0 Å². The molecule has 0 amide bonds. The zero-order chi connectivity index (χ0) is 13.8. The second-order valence-electron chi connectivity index (χ2n) is 4.43. The highest BCUT2D eigenvalue weighted by atomic mass is 19.1. The minimum Gasteiger partial charge on any atom is -0.484 e. The molecule has 1 aromatic heterocycles. The molecule has 0 fully saturated rings. The second-order valence-corrected chi connectivity index (χ2v) is 4.43. The van der Waals surface area contributed by atoms with Crippen LogP contribution in [0.1, 0.15) is 31.1 Å². The first-order chi connectivity index (χ1) is 9.11. The van der Waals surface area contributed by atoms with Gasteiger partial charge >= 0.3 is 0 Å². The zero-order valence-electron chi connectivity index (χ0n) is 10.8. The highest BCUT2D eigenvalue weighted by molar-refractivity contribution is 5.36. The Morgan fingerprint density at radius 2 is 2.26 bits per heavy atom. The Balaban J connectivity index is 2.11. The van der Waals surface area contributed by atoms with Gasteiger partial charge in [0.1, 0.15) is 6.61 Å². The number of ether oxygens (including phenoxy) is 1. The van der Waals surface area contributed by atoms with E-state index in [0.717, 1.165) is 11.8 Å². The number of aromatic nitrogens is 2. The number of rotatable bonds is 4. The first-order valence-electron chi connectivity index (χ1n) is 5.95. The van der Waals surface area contributed by atoms with Gasteiger partial charge in [-0.15, -0.1) is 0 Å². The second kappa shape index (κ2) is 5.53. The third-order valence-corrected chi connectivity index (χ3v) is 2.74. The molecule has 4 nitrogen and oxygen atoms in total. The van der Waals surface area contributed by atoms with Gasteiger partial charge in [-0.25, -0.2) is 9.37 Å². The summed E-state index contributed by atoms with van der Waals surface area (Å²) in [6.45, 7) is 4.31. The molecule has 1 heterocycles. The lowest BCUT2D eigenvalue weighted by Crippen LogP contribution is -2.07. The monoisotopic (exact) mass is 259 g/mol. The van der Waals surface area contributed by atoms with E-state index >= 15 is 0 Å². The number of benzene rings is 1. The minimum atomic E-state index is -0.533. The van der Waals surface area contributed by atoms with Crippen LogP contribution in [0.15, 0.2) is 30.7 Å². The van der Waals surface area contributed by atoms with Gasteiger partial charge in [0.2, 0.25) is 0 Å². The maximum atomic E-state index is 13.6. The van der Waals surface area contributed by atoms with Crippen molar-refractivity contribution in [3.05, 3.63) is 47.8 Å². The molecule has 0 aliphatic rings. The van der Waals surface area contributed by atoms with E-state index in [1.807, 2.05) is 24.5 Å². The summed E-state index contributed by atoms with van der Waals surface area (Å²) in [5, 5.41) is 8.66. The van der Waals surface area contributed by atoms with Gasteiger partial charge in [-0.05, 0) is 32.0 Å². The summed E-state index contributed by atoms with van der Waals surface area (Å²) >= 11 is 0. The van der Waals surface area contributed by atoms with Crippen LogP contribution in [0.4, 0.5) is 4.39 Å². The maximum Gasteiger partial charge on any atom is 0.166 e. The van der Waals surface area contributed by atoms with Crippen LogP contribution in [0.3, 0.4) is 0 Å². The molecule has 0 N–H and O–H groups in total. The maximum absolute atomic E-state index is 13.6. The SMILES string of the molecule is CC(C)n1cncc1COc1ccc(C#N)cc1F. The fraction of sp³-hybridized carbons (Fsp3) is 0.286. The molecule has 0 saturated heterocycles. The van der Waals surface area contributed by atoms with E-state index in [1.54, 1.807) is 12.5 Å². The number of nitrogens with zero attached hydrogens (tertiary/aromatic N) is 3. The molecule has 0 unspecified atom stereocenters. The van der Waals surface area contributed by atoms with Gasteiger partial charge in [-0.2, -0.15) is 5.26 Å². The summed E-state index contributed by atoms with van der Waals surface area (Å²) < 4.78 is 21.0. The average molecular weight is 259 g/mol. The third kappa shape index (κ3) is 2.91. The van der Waals surface area contributed by atoms with Crippen molar-refractivity contribution >= 4 is 0 Å². The van der Waals surface area contributed by atoms with Crippen LogP contribution in [-0.2, 0) is 6.61 Å². The molecule has 98 valence electrons. The van der Waals surface area contributed by atoms with Gasteiger partial charge in [0.15, 0.2) is 11.6 Å². The van der Waals surface area contributed by atoms with Gasteiger partial charge in [0, 0.05) is 6.04 Å². The normalized spacial score (nSPS) is 10.5. The predicted molar refractivity (Wildman–Crippen MR) is 68.1 cm³/mol. The van der Waals surface area contributed by atoms with Crippen LogP contribution in [0.5, 0.6) is 5.75 Å². The first-order valence-corrected chi connectivity index (χ1v) is 5.95. The zero-order valence-corrected chi connectivity index (χ0v) is 10.8. The molecule has 0 aliphatic carbocycles. The first kappa shape index (κ1) is 13.1. The van der Waals surface area contributed by atoms with Crippen LogP contribution >= 0.6 is 0 Å². The number of imidazole rings is 1. The topological polar surface area (TPSA) is 50.8 Å². The fourth-order valence-electron chi connectivity index (χ4n) is 1.75. The van der Waals surface area contributed by atoms with E-state index in [2.05, 4.69) is 4.98 Å². The summed E-state index contributed by atoms with van der Waals surface area (Å²) in [6.07, 6.45) is 3.42. The Bertz CT molecular complexity index is 613. The van der Waals surface area contributed by atoms with Crippen molar-refractivity contribution in [2.24, 2.45) is 0 Å². The molecule has 0 saturated carbocycles. The predicted octanol–water partition coefficient (Wildman–Crippen LogP) is 3.05.